The molecular weight excluding hydrogens is 500 g/mol. The van der Waals surface area contributed by atoms with E-state index in [2.05, 4.69) is 48.0 Å². The van der Waals surface area contributed by atoms with E-state index in [0.29, 0.717) is 17.7 Å². The third-order valence-electron chi connectivity index (χ3n) is 7.70. The third-order valence-corrected chi connectivity index (χ3v) is 7.70. The maximum Gasteiger partial charge on any atom is 0.347 e. The number of aryl methyl sites for hydroxylation is 2. The number of carboxylic acid groups (broad SMARTS) is 1. The zero-order valence-corrected chi connectivity index (χ0v) is 24.4. The summed E-state index contributed by atoms with van der Waals surface area (Å²) in [4.78, 5) is 24.7. The summed E-state index contributed by atoms with van der Waals surface area (Å²) in [5.41, 5.74) is 6.01. The van der Waals surface area contributed by atoms with Gasteiger partial charge >= 0.3 is 5.97 Å². The highest BCUT2D eigenvalue weighted by atomic mass is 16.5. The Labute approximate surface area is 237 Å². The van der Waals surface area contributed by atoms with E-state index in [1.807, 2.05) is 50.4 Å². The van der Waals surface area contributed by atoms with E-state index in [4.69, 9.17) is 4.74 Å². The standard InChI is InChI=1S/C34H40N2O4/c1-7-8-10-24-13-15-26(16-14-24)22(2)35-32(37)27-17-18-29-30(23(3)36(6)31(29)21-27)20-25-11-9-12-28(19-25)40-34(4,5)33(38)39/h9,11-19,21-22H,7-8,10,20H2,1-6H3,(H,35,37)(H,38,39)/t22-/m1/s1. The molecule has 1 aromatic heterocycles. The number of benzene rings is 3. The van der Waals surface area contributed by atoms with Crippen LogP contribution in [0.4, 0.5) is 0 Å². The molecule has 210 valence electrons. The quantitative estimate of drug-likeness (QED) is 0.212. The van der Waals surface area contributed by atoms with Gasteiger partial charge in [0.2, 0.25) is 0 Å². The molecule has 0 fully saturated rings. The van der Waals surface area contributed by atoms with Crippen molar-refractivity contribution in [3.8, 4) is 5.75 Å². The first kappa shape index (κ1) is 28.9. The number of carboxylic acids is 1. The van der Waals surface area contributed by atoms with Crippen LogP contribution >= 0.6 is 0 Å². The molecule has 4 rings (SSSR count). The van der Waals surface area contributed by atoms with Gasteiger partial charge in [0.05, 0.1) is 6.04 Å². The largest absolute Gasteiger partial charge is 0.478 e. The fraction of sp³-hybridized carbons (Fsp3) is 0.353. The van der Waals surface area contributed by atoms with E-state index in [1.54, 1.807) is 6.07 Å². The topological polar surface area (TPSA) is 80.6 Å². The van der Waals surface area contributed by atoms with Crippen molar-refractivity contribution in [3.63, 3.8) is 0 Å². The number of fused-ring (bicyclic) bond motifs is 1. The lowest BCUT2D eigenvalue weighted by atomic mass is 10.0. The van der Waals surface area contributed by atoms with Crippen molar-refractivity contribution in [2.45, 2.75) is 71.9 Å². The molecule has 1 atom stereocenters. The number of unbranched alkanes of at least 4 members (excludes halogenated alkanes) is 1. The first-order valence-corrected chi connectivity index (χ1v) is 14.0. The van der Waals surface area contributed by atoms with Crippen LogP contribution in [0.3, 0.4) is 0 Å². The number of rotatable bonds is 11. The Bertz CT molecular complexity index is 1520. The summed E-state index contributed by atoms with van der Waals surface area (Å²) in [6.45, 7) is 9.36. The number of amides is 1. The Morgan fingerprint density at radius 1 is 1.02 bits per heavy atom. The van der Waals surface area contributed by atoms with Crippen molar-refractivity contribution in [1.29, 1.82) is 0 Å². The van der Waals surface area contributed by atoms with Crippen molar-refractivity contribution in [2.75, 3.05) is 0 Å². The second-order valence-electron chi connectivity index (χ2n) is 11.1. The Kier molecular flexibility index (Phi) is 8.67. The maximum atomic E-state index is 13.2. The van der Waals surface area contributed by atoms with E-state index in [9.17, 15) is 14.7 Å². The van der Waals surface area contributed by atoms with Gasteiger partial charge in [-0.15, -0.1) is 0 Å². The van der Waals surface area contributed by atoms with Gasteiger partial charge in [-0.3, -0.25) is 4.79 Å². The number of ether oxygens (including phenoxy) is 1. The minimum Gasteiger partial charge on any atom is -0.478 e. The molecular formula is C34H40N2O4. The Morgan fingerprint density at radius 3 is 2.42 bits per heavy atom. The first-order valence-electron chi connectivity index (χ1n) is 14.0. The van der Waals surface area contributed by atoms with Crippen LogP contribution in [0, 0.1) is 6.92 Å². The summed E-state index contributed by atoms with van der Waals surface area (Å²) in [6, 6.07) is 21.8. The van der Waals surface area contributed by atoms with Gasteiger partial charge in [-0.2, -0.15) is 0 Å². The molecule has 1 heterocycles. The van der Waals surface area contributed by atoms with Crippen molar-refractivity contribution >= 4 is 22.8 Å². The predicted octanol–water partition coefficient (Wildman–Crippen LogP) is 7.15. The first-order chi connectivity index (χ1) is 19.0. The number of aromatic nitrogens is 1. The van der Waals surface area contributed by atoms with Crippen LogP contribution in [-0.2, 0) is 24.7 Å². The second-order valence-corrected chi connectivity index (χ2v) is 11.1. The molecule has 0 bridgehead atoms. The number of nitrogens with zero attached hydrogens (tertiary/aromatic N) is 1. The van der Waals surface area contributed by atoms with Crippen molar-refractivity contribution in [3.05, 3.63) is 100 Å². The monoisotopic (exact) mass is 540 g/mol. The zero-order valence-electron chi connectivity index (χ0n) is 24.4. The van der Waals surface area contributed by atoms with Gasteiger partial charge in [0.1, 0.15) is 5.75 Å². The Balaban J connectivity index is 1.52. The summed E-state index contributed by atoms with van der Waals surface area (Å²) in [6.07, 6.45) is 4.10. The summed E-state index contributed by atoms with van der Waals surface area (Å²) in [5, 5.41) is 13.6. The smallest absolute Gasteiger partial charge is 0.347 e. The summed E-state index contributed by atoms with van der Waals surface area (Å²) in [5.74, 6) is -0.598. The SMILES string of the molecule is CCCCc1ccc([C@@H](C)NC(=O)c2ccc3c(Cc4cccc(OC(C)(C)C(=O)O)c4)c(C)n(C)c3c2)cc1. The molecule has 4 aromatic rings. The molecule has 0 radical (unpaired) electrons. The van der Waals surface area contributed by atoms with Gasteiger partial charge < -0.3 is 19.7 Å². The molecule has 0 aliphatic carbocycles. The molecule has 6 nitrogen and oxygen atoms in total. The summed E-state index contributed by atoms with van der Waals surface area (Å²) in [7, 11) is 2.01. The number of carbonyl (C=O) groups excluding carboxylic acids is 1. The van der Waals surface area contributed by atoms with Crippen molar-refractivity contribution < 1.29 is 19.4 Å². The fourth-order valence-corrected chi connectivity index (χ4v) is 4.99. The molecule has 1 amide bonds. The normalized spacial score (nSPS) is 12.3. The third kappa shape index (κ3) is 6.39. The van der Waals surface area contributed by atoms with Crippen LogP contribution in [0.25, 0.3) is 10.9 Å². The predicted molar refractivity (Wildman–Crippen MR) is 160 cm³/mol. The van der Waals surface area contributed by atoms with Gasteiger partial charge in [0.15, 0.2) is 5.60 Å². The molecule has 0 spiro atoms. The molecule has 0 unspecified atom stereocenters. The molecule has 0 saturated heterocycles. The number of aliphatic carboxylic acids is 1. The van der Waals surface area contributed by atoms with Gasteiger partial charge in [0, 0.05) is 29.2 Å². The van der Waals surface area contributed by atoms with Crippen LogP contribution < -0.4 is 10.1 Å². The van der Waals surface area contributed by atoms with E-state index in [1.165, 1.54) is 32.3 Å². The number of nitrogens with one attached hydrogen (secondary N) is 1. The minimum absolute atomic E-state index is 0.101. The van der Waals surface area contributed by atoms with Gasteiger partial charge in [-0.05, 0) is 93.5 Å². The summed E-state index contributed by atoms with van der Waals surface area (Å²) < 4.78 is 7.86. The highest BCUT2D eigenvalue weighted by Crippen LogP contribution is 2.30. The van der Waals surface area contributed by atoms with Crippen molar-refractivity contribution in [1.82, 2.24) is 9.88 Å². The molecule has 0 aliphatic heterocycles. The van der Waals surface area contributed by atoms with E-state index in [-0.39, 0.29) is 11.9 Å². The average Bonchev–Trinajstić information content (AvgIpc) is 3.16. The molecule has 6 heteroatoms. The second kappa shape index (κ2) is 12.0. The van der Waals surface area contributed by atoms with E-state index in [0.717, 1.165) is 39.7 Å². The van der Waals surface area contributed by atoms with Crippen LogP contribution in [0.1, 0.15) is 84.9 Å². The summed E-state index contributed by atoms with van der Waals surface area (Å²) >= 11 is 0. The highest BCUT2D eigenvalue weighted by molar-refractivity contribution is 5.99. The van der Waals surface area contributed by atoms with Crippen LogP contribution in [0.5, 0.6) is 5.75 Å². The number of carbonyl (C=O) groups is 2. The molecule has 40 heavy (non-hydrogen) atoms. The fourth-order valence-electron chi connectivity index (χ4n) is 4.99. The lowest BCUT2D eigenvalue weighted by molar-refractivity contribution is -0.152. The average molecular weight is 541 g/mol. The molecule has 2 N–H and O–H groups in total. The van der Waals surface area contributed by atoms with Gasteiger partial charge in [0.25, 0.3) is 5.91 Å². The van der Waals surface area contributed by atoms with Crippen LogP contribution in [0.2, 0.25) is 0 Å². The maximum absolute atomic E-state index is 13.2. The van der Waals surface area contributed by atoms with Crippen molar-refractivity contribution in [2.24, 2.45) is 7.05 Å². The molecule has 3 aromatic carbocycles. The van der Waals surface area contributed by atoms with Crippen LogP contribution in [0.15, 0.2) is 66.7 Å². The molecule has 0 aliphatic rings. The Hall–Kier alpha value is -4.06. The van der Waals surface area contributed by atoms with E-state index < -0.39 is 11.6 Å². The Morgan fingerprint density at radius 2 is 1.75 bits per heavy atom. The lowest BCUT2D eigenvalue weighted by Gasteiger charge is -2.21. The number of hydrogen-bond acceptors (Lipinski definition) is 3. The minimum atomic E-state index is -1.32. The lowest BCUT2D eigenvalue weighted by Crippen LogP contribution is -2.37. The van der Waals surface area contributed by atoms with E-state index >= 15 is 0 Å². The van der Waals surface area contributed by atoms with Crippen LogP contribution in [-0.4, -0.2) is 27.2 Å². The molecule has 0 saturated carbocycles. The zero-order chi connectivity index (χ0) is 29.0. The van der Waals surface area contributed by atoms with Gasteiger partial charge in [-0.25, -0.2) is 4.79 Å². The van der Waals surface area contributed by atoms with Gasteiger partial charge in [-0.1, -0.05) is 55.8 Å². The highest BCUT2D eigenvalue weighted by Gasteiger charge is 2.29. The number of hydrogen-bond donors (Lipinski definition) is 2.